The van der Waals surface area contributed by atoms with Crippen LogP contribution in [0.15, 0.2) is 36.7 Å². The molecule has 4 rings (SSSR count). The SMILES string of the molecule is Cc1cc(Nc2nccc(C(F)(F)F)n2)cc(-c2cnc(C3(O)CC(C)C(C(=O)O)C(C)C3)s2)c1. The van der Waals surface area contributed by atoms with E-state index in [9.17, 15) is 28.2 Å². The third-order valence-corrected chi connectivity index (χ3v) is 7.54. The molecular weight excluding hydrogens is 481 g/mol. The highest BCUT2D eigenvalue weighted by Gasteiger charge is 2.47. The van der Waals surface area contributed by atoms with Crippen molar-refractivity contribution in [3.8, 4) is 10.4 Å². The van der Waals surface area contributed by atoms with Crippen molar-refractivity contribution in [2.24, 2.45) is 17.8 Å². The number of carbonyl (C=O) groups is 1. The van der Waals surface area contributed by atoms with E-state index >= 15 is 0 Å². The molecule has 2 atom stereocenters. The van der Waals surface area contributed by atoms with Crippen molar-refractivity contribution in [1.29, 1.82) is 0 Å². The first-order valence-corrected chi connectivity index (χ1v) is 11.9. The van der Waals surface area contributed by atoms with E-state index in [0.717, 1.165) is 28.3 Å². The zero-order valence-electron chi connectivity index (χ0n) is 19.3. The van der Waals surface area contributed by atoms with Crippen LogP contribution >= 0.6 is 11.3 Å². The Kier molecular flexibility index (Phi) is 6.58. The quantitative estimate of drug-likeness (QED) is 0.412. The van der Waals surface area contributed by atoms with Gasteiger partial charge >= 0.3 is 12.1 Å². The van der Waals surface area contributed by atoms with E-state index in [1.54, 1.807) is 18.3 Å². The lowest BCUT2D eigenvalue weighted by atomic mass is 9.67. The van der Waals surface area contributed by atoms with Crippen LogP contribution in [0, 0.1) is 24.7 Å². The molecule has 186 valence electrons. The van der Waals surface area contributed by atoms with Crippen LogP contribution in [0.5, 0.6) is 0 Å². The summed E-state index contributed by atoms with van der Waals surface area (Å²) in [6.07, 6.45) is -1.28. The highest BCUT2D eigenvalue weighted by atomic mass is 32.1. The highest BCUT2D eigenvalue weighted by molar-refractivity contribution is 7.15. The minimum absolute atomic E-state index is 0.172. The molecule has 0 aliphatic heterocycles. The second-order valence-electron chi connectivity index (χ2n) is 9.26. The molecule has 1 fully saturated rings. The van der Waals surface area contributed by atoms with E-state index in [-0.39, 0.29) is 17.8 Å². The minimum Gasteiger partial charge on any atom is -0.481 e. The van der Waals surface area contributed by atoms with E-state index in [0.29, 0.717) is 23.5 Å². The number of thiazole rings is 1. The largest absolute Gasteiger partial charge is 0.481 e. The van der Waals surface area contributed by atoms with Gasteiger partial charge in [0, 0.05) is 18.1 Å². The molecule has 0 saturated heterocycles. The van der Waals surface area contributed by atoms with Gasteiger partial charge in [-0.05, 0) is 60.9 Å². The van der Waals surface area contributed by atoms with Crippen LogP contribution in [0.25, 0.3) is 10.4 Å². The predicted molar refractivity (Wildman–Crippen MR) is 125 cm³/mol. The number of aliphatic carboxylic acids is 1. The van der Waals surface area contributed by atoms with Crippen molar-refractivity contribution < 1.29 is 28.2 Å². The topological polar surface area (TPSA) is 108 Å². The van der Waals surface area contributed by atoms with Gasteiger partial charge < -0.3 is 15.5 Å². The van der Waals surface area contributed by atoms with Gasteiger partial charge in [-0.2, -0.15) is 13.2 Å². The van der Waals surface area contributed by atoms with Gasteiger partial charge in [0.15, 0.2) is 0 Å². The molecule has 11 heteroatoms. The Labute approximate surface area is 204 Å². The van der Waals surface area contributed by atoms with E-state index in [2.05, 4.69) is 20.3 Å². The van der Waals surface area contributed by atoms with Crippen molar-refractivity contribution in [3.63, 3.8) is 0 Å². The summed E-state index contributed by atoms with van der Waals surface area (Å²) in [5.74, 6) is -1.96. The second-order valence-corrected chi connectivity index (χ2v) is 10.3. The number of benzene rings is 1. The third-order valence-electron chi connectivity index (χ3n) is 6.30. The number of nitrogens with zero attached hydrogens (tertiary/aromatic N) is 3. The fourth-order valence-corrected chi connectivity index (χ4v) is 5.96. The maximum absolute atomic E-state index is 13.0. The van der Waals surface area contributed by atoms with Crippen LogP contribution in [0.1, 0.15) is 43.0 Å². The normalized spacial score (nSPS) is 24.8. The molecule has 1 aromatic carbocycles. The molecule has 0 amide bonds. The number of carboxylic acids is 1. The van der Waals surface area contributed by atoms with Gasteiger partial charge in [-0.25, -0.2) is 15.0 Å². The van der Waals surface area contributed by atoms with Crippen molar-refractivity contribution in [2.45, 2.75) is 45.4 Å². The number of rotatable bonds is 5. The zero-order chi connectivity index (χ0) is 25.5. The average molecular weight is 507 g/mol. The summed E-state index contributed by atoms with van der Waals surface area (Å²) in [7, 11) is 0. The van der Waals surface area contributed by atoms with E-state index in [1.165, 1.54) is 11.3 Å². The number of aryl methyl sites for hydroxylation is 1. The Morgan fingerprint density at radius 3 is 2.49 bits per heavy atom. The third kappa shape index (κ3) is 5.30. The van der Waals surface area contributed by atoms with Crippen LogP contribution in [-0.2, 0) is 16.6 Å². The molecule has 3 aromatic rings. The van der Waals surface area contributed by atoms with Crippen molar-refractivity contribution >= 4 is 28.9 Å². The molecule has 7 nitrogen and oxygen atoms in total. The van der Waals surface area contributed by atoms with Gasteiger partial charge in [-0.15, -0.1) is 11.3 Å². The summed E-state index contributed by atoms with van der Waals surface area (Å²) < 4.78 is 38.9. The maximum Gasteiger partial charge on any atom is 0.433 e. The average Bonchev–Trinajstić information content (AvgIpc) is 3.23. The van der Waals surface area contributed by atoms with E-state index in [4.69, 9.17) is 0 Å². The lowest BCUT2D eigenvalue weighted by Crippen LogP contribution is -2.43. The van der Waals surface area contributed by atoms with E-state index < -0.39 is 29.4 Å². The maximum atomic E-state index is 13.0. The minimum atomic E-state index is -4.57. The first kappa shape index (κ1) is 25.1. The molecule has 2 aromatic heterocycles. The predicted octanol–water partition coefficient (Wildman–Crippen LogP) is 5.63. The molecule has 1 aliphatic rings. The number of hydrogen-bond donors (Lipinski definition) is 3. The van der Waals surface area contributed by atoms with Gasteiger partial charge in [-0.1, -0.05) is 19.9 Å². The number of nitrogens with one attached hydrogen (secondary N) is 1. The van der Waals surface area contributed by atoms with Crippen LogP contribution in [0.2, 0.25) is 0 Å². The first-order valence-electron chi connectivity index (χ1n) is 11.1. The summed E-state index contributed by atoms with van der Waals surface area (Å²) in [6, 6.07) is 6.23. The molecular formula is C24H25F3N4O3S. The Morgan fingerprint density at radius 2 is 1.86 bits per heavy atom. The monoisotopic (exact) mass is 506 g/mol. The van der Waals surface area contributed by atoms with Crippen LogP contribution in [0.4, 0.5) is 24.8 Å². The molecule has 0 bridgehead atoms. The standard InChI is InChI=1S/C24H25F3N4O3S/c1-12-6-15(8-16(7-12)30-22-28-5-4-18(31-22)24(25,26)27)17-11-29-21(35-17)23(34)9-13(2)19(20(32)33)14(3)10-23/h4-8,11,13-14,19,34H,9-10H2,1-3H3,(H,32,33)(H,28,30,31). The Balaban J connectivity index is 1.59. The van der Waals surface area contributed by atoms with Gasteiger partial charge in [0.25, 0.3) is 0 Å². The molecule has 3 N–H and O–H groups in total. The fraction of sp³-hybridized carbons (Fsp3) is 0.417. The second kappa shape index (κ2) is 9.19. The van der Waals surface area contributed by atoms with Crippen molar-refractivity contribution in [3.05, 3.63) is 52.9 Å². The van der Waals surface area contributed by atoms with Gasteiger partial charge in [0.1, 0.15) is 16.3 Å². The Hall–Kier alpha value is -3.05. The molecule has 1 saturated carbocycles. The van der Waals surface area contributed by atoms with Crippen molar-refractivity contribution in [1.82, 2.24) is 15.0 Å². The Morgan fingerprint density at radius 1 is 1.17 bits per heavy atom. The van der Waals surface area contributed by atoms with Gasteiger partial charge in [0.2, 0.25) is 5.95 Å². The molecule has 2 heterocycles. The van der Waals surface area contributed by atoms with E-state index in [1.807, 2.05) is 26.8 Å². The molecule has 1 aliphatic carbocycles. The number of carboxylic acid groups (broad SMARTS) is 1. The molecule has 0 radical (unpaired) electrons. The lowest BCUT2D eigenvalue weighted by Gasteiger charge is -2.41. The highest BCUT2D eigenvalue weighted by Crippen LogP contribution is 2.47. The molecule has 0 spiro atoms. The van der Waals surface area contributed by atoms with Crippen LogP contribution < -0.4 is 5.32 Å². The summed E-state index contributed by atoms with van der Waals surface area (Å²) in [6.45, 7) is 5.53. The zero-order valence-corrected chi connectivity index (χ0v) is 20.1. The summed E-state index contributed by atoms with van der Waals surface area (Å²) in [4.78, 5) is 24.3. The number of anilines is 2. The summed E-state index contributed by atoms with van der Waals surface area (Å²) in [5.41, 5.74) is -0.117. The number of aromatic nitrogens is 3. The van der Waals surface area contributed by atoms with Crippen molar-refractivity contribution in [2.75, 3.05) is 5.32 Å². The number of aliphatic hydroxyl groups is 1. The smallest absolute Gasteiger partial charge is 0.433 e. The van der Waals surface area contributed by atoms with Gasteiger partial charge in [-0.3, -0.25) is 4.79 Å². The van der Waals surface area contributed by atoms with Gasteiger partial charge in [0.05, 0.1) is 10.8 Å². The summed E-state index contributed by atoms with van der Waals surface area (Å²) in [5, 5.41) is 24.2. The number of halogens is 3. The van der Waals surface area contributed by atoms with Crippen LogP contribution in [0.3, 0.4) is 0 Å². The number of hydrogen-bond acceptors (Lipinski definition) is 7. The summed E-state index contributed by atoms with van der Waals surface area (Å²) >= 11 is 1.32. The lowest BCUT2D eigenvalue weighted by molar-refractivity contribution is -0.152. The number of alkyl halides is 3. The Bertz CT molecular complexity index is 1230. The molecule has 2 unspecified atom stereocenters. The van der Waals surface area contributed by atoms with Crippen LogP contribution in [-0.4, -0.2) is 31.1 Å². The fourth-order valence-electron chi connectivity index (χ4n) is 4.95. The molecule has 35 heavy (non-hydrogen) atoms. The first-order chi connectivity index (χ1) is 16.4.